The number of aliphatic hydroxyl groups excluding tert-OH is 1. The van der Waals surface area contributed by atoms with Crippen molar-refractivity contribution in [1.82, 2.24) is 5.32 Å². The summed E-state index contributed by atoms with van der Waals surface area (Å²) in [6.07, 6.45) is -0.0423. The number of aliphatic hydroxyl groups is 1. The number of carbonyl (C=O) groups excluding carboxylic acids is 1. The van der Waals surface area contributed by atoms with Crippen molar-refractivity contribution >= 4 is 27.8 Å². The van der Waals surface area contributed by atoms with E-state index in [1.54, 1.807) is 24.3 Å². The van der Waals surface area contributed by atoms with E-state index in [1.807, 2.05) is 0 Å². The van der Waals surface area contributed by atoms with Crippen molar-refractivity contribution in [3.63, 3.8) is 0 Å². The highest BCUT2D eigenvalue weighted by Gasteiger charge is 2.19. The van der Waals surface area contributed by atoms with Crippen molar-refractivity contribution in [1.29, 1.82) is 0 Å². The monoisotopic (exact) mass is 331 g/mol. The highest BCUT2D eigenvalue weighted by atomic mass is 79.9. The number of rotatable bonds is 7. The minimum Gasteiger partial charge on any atom is -0.484 e. The van der Waals surface area contributed by atoms with Gasteiger partial charge in [0.15, 0.2) is 6.61 Å². The summed E-state index contributed by atoms with van der Waals surface area (Å²) in [5, 5.41) is 19.7. The maximum Gasteiger partial charge on any atom is 0.326 e. The number of hydrogen-bond acceptors (Lipinski definition) is 4. The minimum atomic E-state index is -1.19. The first kappa shape index (κ1) is 15.5. The normalized spacial score (nSPS) is 11.7. The van der Waals surface area contributed by atoms with Gasteiger partial charge in [-0.3, -0.25) is 4.79 Å². The molecule has 0 aliphatic heterocycles. The molecule has 0 fully saturated rings. The summed E-state index contributed by atoms with van der Waals surface area (Å²) in [7, 11) is 0. The van der Waals surface area contributed by atoms with Crippen LogP contribution in [0.4, 0.5) is 0 Å². The van der Waals surface area contributed by atoms with E-state index in [0.29, 0.717) is 5.75 Å². The fraction of sp³-hybridized carbons (Fsp3) is 0.333. The Kier molecular flexibility index (Phi) is 6.31. The molecule has 0 spiro atoms. The van der Waals surface area contributed by atoms with Crippen LogP contribution in [-0.4, -0.2) is 41.3 Å². The molecule has 0 bridgehead atoms. The molecule has 1 unspecified atom stereocenters. The van der Waals surface area contributed by atoms with E-state index in [1.165, 1.54) is 0 Å². The number of ether oxygens (including phenoxy) is 1. The van der Waals surface area contributed by atoms with E-state index in [4.69, 9.17) is 14.9 Å². The van der Waals surface area contributed by atoms with Gasteiger partial charge < -0.3 is 20.3 Å². The molecule has 104 valence electrons. The van der Waals surface area contributed by atoms with Crippen LogP contribution >= 0.6 is 15.9 Å². The van der Waals surface area contributed by atoms with Crippen LogP contribution < -0.4 is 10.1 Å². The fourth-order valence-electron chi connectivity index (χ4n) is 1.30. The van der Waals surface area contributed by atoms with E-state index in [-0.39, 0.29) is 19.6 Å². The summed E-state index contributed by atoms with van der Waals surface area (Å²) >= 11 is 3.27. The van der Waals surface area contributed by atoms with Crippen LogP contribution in [0.5, 0.6) is 5.75 Å². The lowest BCUT2D eigenvalue weighted by Crippen LogP contribution is -2.43. The van der Waals surface area contributed by atoms with Crippen molar-refractivity contribution < 1.29 is 24.5 Å². The summed E-state index contributed by atoms with van der Waals surface area (Å²) in [4.78, 5) is 22.2. The summed E-state index contributed by atoms with van der Waals surface area (Å²) in [5.74, 6) is -1.23. The number of carbonyl (C=O) groups is 2. The van der Waals surface area contributed by atoms with Crippen molar-refractivity contribution in [2.24, 2.45) is 0 Å². The molecule has 1 aromatic rings. The zero-order chi connectivity index (χ0) is 14.3. The molecule has 0 aliphatic rings. The predicted octanol–water partition coefficient (Wildman–Crippen LogP) is 0.780. The largest absolute Gasteiger partial charge is 0.484 e. The van der Waals surface area contributed by atoms with Crippen molar-refractivity contribution in [3.05, 3.63) is 28.7 Å². The molecule has 3 N–H and O–H groups in total. The van der Waals surface area contributed by atoms with Crippen LogP contribution in [0.2, 0.25) is 0 Å². The van der Waals surface area contributed by atoms with Crippen LogP contribution in [0.15, 0.2) is 28.7 Å². The maximum absolute atomic E-state index is 11.5. The molecule has 0 saturated carbocycles. The highest BCUT2D eigenvalue weighted by molar-refractivity contribution is 9.10. The summed E-state index contributed by atoms with van der Waals surface area (Å²) in [5.41, 5.74) is 0. The number of aliphatic carboxylic acids is 1. The number of hydrogen-bond donors (Lipinski definition) is 3. The van der Waals surface area contributed by atoms with Crippen molar-refractivity contribution in [2.45, 2.75) is 12.5 Å². The third kappa shape index (κ3) is 5.71. The predicted molar refractivity (Wildman–Crippen MR) is 70.9 cm³/mol. The van der Waals surface area contributed by atoms with Gasteiger partial charge in [-0.25, -0.2) is 4.79 Å². The van der Waals surface area contributed by atoms with Crippen LogP contribution in [-0.2, 0) is 9.59 Å². The molecule has 7 heteroatoms. The smallest absolute Gasteiger partial charge is 0.326 e. The first-order valence-corrected chi connectivity index (χ1v) is 6.33. The highest BCUT2D eigenvalue weighted by Crippen LogP contribution is 2.15. The lowest BCUT2D eigenvalue weighted by molar-refractivity contribution is -0.142. The Morgan fingerprint density at radius 1 is 1.32 bits per heavy atom. The molecule has 1 amide bonds. The Hall–Kier alpha value is -1.60. The molecule has 6 nitrogen and oxygen atoms in total. The molecule has 1 rings (SSSR count). The summed E-state index contributed by atoms with van der Waals surface area (Å²) in [6, 6.07) is 5.78. The Bertz CT molecular complexity index is 434. The third-order valence-corrected chi connectivity index (χ3v) is 2.76. The minimum absolute atomic E-state index is 0.0423. The zero-order valence-electron chi connectivity index (χ0n) is 10.0. The zero-order valence-corrected chi connectivity index (χ0v) is 11.6. The second kappa shape index (κ2) is 7.75. The number of nitrogens with one attached hydrogen (secondary N) is 1. The molecular formula is C12H14BrNO5. The van der Waals surface area contributed by atoms with E-state index in [2.05, 4.69) is 21.2 Å². The van der Waals surface area contributed by atoms with Gasteiger partial charge in [0, 0.05) is 17.5 Å². The molecule has 0 radical (unpaired) electrons. The second-order valence-electron chi connectivity index (χ2n) is 3.71. The summed E-state index contributed by atoms with van der Waals surface area (Å²) in [6.45, 7) is -0.596. The van der Waals surface area contributed by atoms with Gasteiger partial charge in [-0.05, 0) is 24.3 Å². The van der Waals surface area contributed by atoms with Gasteiger partial charge in [-0.1, -0.05) is 15.9 Å². The topological polar surface area (TPSA) is 95.9 Å². The Morgan fingerprint density at radius 2 is 1.95 bits per heavy atom. The van der Waals surface area contributed by atoms with Crippen LogP contribution in [0, 0.1) is 0 Å². The van der Waals surface area contributed by atoms with E-state index in [0.717, 1.165) is 4.47 Å². The van der Waals surface area contributed by atoms with Gasteiger partial charge in [-0.15, -0.1) is 0 Å². The Morgan fingerprint density at radius 3 is 2.47 bits per heavy atom. The average Bonchev–Trinajstić information content (AvgIpc) is 2.37. The fourth-order valence-corrected chi connectivity index (χ4v) is 1.57. The SMILES string of the molecule is O=C(COc1ccc(Br)cc1)NC(CCO)C(=O)O. The van der Waals surface area contributed by atoms with E-state index in [9.17, 15) is 9.59 Å². The molecule has 19 heavy (non-hydrogen) atoms. The Balaban J connectivity index is 2.42. The second-order valence-corrected chi connectivity index (χ2v) is 4.63. The average molecular weight is 332 g/mol. The number of carboxylic acid groups (broad SMARTS) is 1. The van der Waals surface area contributed by atoms with Crippen LogP contribution in [0.3, 0.4) is 0 Å². The lowest BCUT2D eigenvalue weighted by atomic mass is 10.2. The molecule has 0 aromatic heterocycles. The quantitative estimate of drug-likeness (QED) is 0.686. The van der Waals surface area contributed by atoms with Crippen LogP contribution in [0.25, 0.3) is 0 Å². The number of halogens is 1. The van der Waals surface area contributed by atoms with Gasteiger partial charge in [0.2, 0.25) is 0 Å². The number of amides is 1. The molecular weight excluding hydrogens is 318 g/mol. The van der Waals surface area contributed by atoms with Crippen molar-refractivity contribution in [2.75, 3.05) is 13.2 Å². The molecule has 0 saturated heterocycles. The number of carboxylic acids is 1. The third-order valence-electron chi connectivity index (χ3n) is 2.23. The standard InChI is InChI=1S/C12H14BrNO5/c13-8-1-3-9(4-2-8)19-7-11(16)14-10(5-6-15)12(17)18/h1-4,10,15H,5-7H2,(H,14,16)(H,17,18). The van der Waals surface area contributed by atoms with Gasteiger partial charge in [0.05, 0.1) is 0 Å². The van der Waals surface area contributed by atoms with Crippen molar-refractivity contribution in [3.8, 4) is 5.75 Å². The molecule has 0 aliphatic carbocycles. The van der Waals surface area contributed by atoms with Gasteiger partial charge in [-0.2, -0.15) is 0 Å². The van der Waals surface area contributed by atoms with Gasteiger partial charge >= 0.3 is 5.97 Å². The van der Waals surface area contributed by atoms with Gasteiger partial charge in [0.1, 0.15) is 11.8 Å². The maximum atomic E-state index is 11.5. The molecule has 1 aromatic carbocycles. The Labute approximate surface area is 118 Å². The summed E-state index contributed by atoms with van der Waals surface area (Å²) < 4.78 is 6.08. The first-order valence-electron chi connectivity index (χ1n) is 5.54. The van der Waals surface area contributed by atoms with Crippen LogP contribution in [0.1, 0.15) is 6.42 Å². The van der Waals surface area contributed by atoms with E-state index < -0.39 is 17.9 Å². The number of benzene rings is 1. The molecule has 0 heterocycles. The molecule has 1 atom stereocenters. The van der Waals surface area contributed by atoms with E-state index >= 15 is 0 Å². The lowest BCUT2D eigenvalue weighted by Gasteiger charge is -2.13. The first-order chi connectivity index (χ1) is 9.02. The van der Waals surface area contributed by atoms with Gasteiger partial charge in [0.25, 0.3) is 5.91 Å².